The molecule has 1 aromatic rings. The van der Waals surface area contributed by atoms with Gasteiger partial charge in [0, 0.05) is 0 Å². The summed E-state index contributed by atoms with van der Waals surface area (Å²) in [5.74, 6) is 3.52. The summed E-state index contributed by atoms with van der Waals surface area (Å²) in [6, 6.07) is 8.97. The third kappa shape index (κ3) is 2.84. The van der Waals surface area contributed by atoms with E-state index in [0.29, 0.717) is 5.92 Å². The molecular weight excluding hydrogens is 252 g/mol. The zero-order valence-electron chi connectivity index (χ0n) is 12.1. The molecule has 2 saturated carbocycles. The van der Waals surface area contributed by atoms with Crippen molar-refractivity contribution in [2.24, 2.45) is 17.8 Å². The normalized spacial score (nSPS) is 31.1. The maximum Gasteiger partial charge on any atom is 0.0588 e. The molecule has 0 aromatic heterocycles. The molecule has 1 aromatic carbocycles. The van der Waals surface area contributed by atoms with E-state index in [2.05, 4.69) is 38.1 Å². The molecule has 1 heteroatoms. The van der Waals surface area contributed by atoms with Crippen LogP contribution in [0, 0.1) is 17.8 Å². The molecule has 2 fully saturated rings. The van der Waals surface area contributed by atoms with Gasteiger partial charge in [0.05, 0.1) is 5.38 Å². The van der Waals surface area contributed by atoms with Gasteiger partial charge in [-0.15, -0.1) is 11.6 Å². The van der Waals surface area contributed by atoms with Crippen LogP contribution >= 0.6 is 11.6 Å². The second-order valence-electron chi connectivity index (χ2n) is 6.96. The van der Waals surface area contributed by atoms with Crippen LogP contribution < -0.4 is 0 Å². The fourth-order valence-corrected chi connectivity index (χ4v) is 4.53. The molecule has 2 aliphatic carbocycles. The van der Waals surface area contributed by atoms with Crippen LogP contribution in [0.25, 0.3) is 0 Å². The lowest BCUT2D eigenvalue weighted by Gasteiger charge is -2.24. The van der Waals surface area contributed by atoms with Gasteiger partial charge in [-0.1, -0.05) is 44.5 Å². The van der Waals surface area contributed by atoms with Crippen molar-refractivity contribution >= 4 is 11.6 Å². The molecule has 0 nitrogen and oxygen atoms in total. The molecule has 4 atom stereocenters. The first-order valence-corrected chi connectivity index (χ1v) is 8.31. The number of halogens is 1. The first-order valence-electron chi connectivity index (χ1n) is 7.87. The van der Waals surface area contributed by atoms with Crippen molar-refractivity contribution in [3.8, 4) is 0 Å². The Labute approximate surface area is 122 Å². The molecular formula is C18H25Cl. The summed E-state index contributed by atoms with van der Waals surface area (Å²) in [4.78, 5) is 0. The van der Waals surface area contributed by atoms with E-state index < -0.39 is 0 Å². The predicted octanol–water partition coefficient (Wildman–Crippen LogP) is 5.92. The molecule has 3 rings (SSSR count). The molecule has 0 spiro atoms. The van der Waals surface area contributed by atoms with Crippen LogP contribution in [0.4, 0.5) is 0 Å². The Kier molecular flexibility index (Phi) is 3.89. The Hall–Kier alpha value is -0.490. The summed E-state index contributed by atoms with van der Waals surface area (Å²) in [5.41, 5.74) is 2.72. The second kappa shape index (κ2) is 5.48. The van der Waals surface area contributed by atoms with Gasteiger partial charge in [-0.2, -0.15) is 0 Å². The van der Waals surface area contributed by atoms with Crippen LogP contribution in [0.15, 0.2) is 24.3 Å². The highest BCUT2D eigenvalue weighted by molar-refractivity contribution is 6.20. The average molecular weight is 277 g/mol. The van der Waals surface area contributed by atoms with E-state index in [1.807, 2.05) is 0 Å². The van der Waals surface area contributed by atoms with Crippen molar-refractivity contribution in [1.82, 2.24) is 0 Å². The smallest absolute Gasteiger partial charge is 0.0588 e. The van der Waals surface area contributed by atoms with E-state index in [4.69, 9.17) is 11.6 Å². The zero-order chi connectivity index (χ0) is 13.4. The lowest BCUT2D eigenvalue weighted by atomic mass is 9.84. The Bertz CT molecular complexity index is 420. The second-order valence-corrected chi connectivity index (χ2v) is 7.49. The SMILES string of the molecule is CC(C)c1ccc(C(Cl)CC2CC3CCC2C3)cc1. The maximum atomic E-state index is 6.66. The maximum absolute atomic E-state index is 6.66. The average Bonchev–Trinajstić information content (AvgIpc) is 3.01. The van der Waals surface area contributed by atoms with E-state index in [1.54, 1.807) is 0 Å². The van der Waals surface area contributed by atoms with Crippen molar-refractivity contribution in [2.45, 2.75) is 57.2 Å². The molecule has 104 valence electrons. The number of benzene rings is 1. The topological polar surface area (TPSA) is 0 Å². The van der Waals surface area contributed by atoms with Gasteiger partial charge in [-0.05, 0) is 60.5 Å². The zero-order valence-corrected chi connectivity index (χ0v) is 12.9. The molecule has 4 unspecified atom stereocenters. The van der Waals surface area contributed by atoms with Crippen molar-refractivity contribution in [1.29, 1.82) is 0 Å². The number of rotatable bonds is 4. The Balaban J connectivity index is 1.62. The molecule has 2 bridgehead atoms. The highest BCUT2D eigenvalue weighted by Crippen LogP contribution is 2.51. The van der Waals surface area contributed by atoms with Gasteiger partial charge in [0.1, 0.15) is 0 Å². The summed E-state index contributed by atoms with van der Waals surface area (Å²) >= 11 is 6.66. The van der Waals surface area contributed by atoms with Gasteiger partial charge in [0.15, 0.2) is 0 Å². The Morgan fingerprint density at radius 1 is 1.05 bits per heavy atom. The van der Waals surface area contributed by atoms with Gasteiger partial charge in [0.25, 0.3) is 0 Å². The minimum atomic E-state index is 0.213. The van der Waals surface area contributed by atoms with Crippen LogP contribution in [-0.2, 0) is 0 Å². The first kappa shape index (κ1) is 13.5. The lowest BCUT2D eigenvalue weighted by molar-refractivity contribution is 0.312. The molecule has 19 heavy (non-hydrogen) atoms. The van der Waals surface area contributed by atoms with Crippen molar-refractivity contribution in [3.05, 3.63) is 35.4 Å². The van der Waals surface area contributed by atoms with E-state index in [0.717, 1.165) is 17.8 Å². The van der Waals surface area contributed by atoms with Crippen LogP contribution in [-0.4, -0.2) is 0 Å². The molecule has 2 aliphatic rings. The number of hydrogen-bond donors (Lipinski definition) is 0. The van der Waals surface area contributed by atoms with Crippen LogP contribution in [0.3, 0.4) is 0 Å². The monoisotopic (exact) mass is 276 g/mol. The molecule has 0 aliphatic heterocycles. The van der Waals surface area contributed by atoms with Gasteiger partial charge in [-0.25, -0.2) is 0 Å². The van der Waals surface area contributed by atoms with Gasteiger partial charge >= 0.3 is 0 Å². The third-order valence-electron chi connectivity index (χ3n) is 5.36. The van der Waals surface area contributed by atoms with E-state index >= 15 is 0 Å². The fraction of sp³-hybridized carbons (Fsp3) is 0.667. The van der Waals surface area contributed by atoms with Gasteiger partial charge in [0.2, 0.25) is 0 Å². The highest BCUT2D eigenvalue weighted by atomic mass is 35.5. The predicted molar refractivity (Wildman–Crippen MR) is 82.7 cm³/mol. The lowest BCUT2D eigenvalue weighted by Crippen LogP contribution is -2.12. The summed E-state index contributed by atoms with van der Waals surface area (Å²) in [6.45, 7) is 4.48. The minimum absolute atomic E-state index is 0.213. The Morgan fingerprint density at radius 2 is 1.74 bits per heavy atom. The minimum Gasteiger partial charge on any atom is -0.118 e. The van der Waals surface area contributed by atoms with Gasteiger partial charge < -0.3 is 0 Å². The first-order chi connectivity index (χ1) is 9.13. The number of hydrogen-bond acceptors (Lipinski definition) is 0. The summed E-state index contributed by atoms with van der Waals surface area (Å²) in [7, 11) is 0. The van der Waals surface area contributed by atoms with Crippen molar-refractivity contribution in [3.63, 3.8) is 0 Å². The summed E-state index contributed by atoms with van der Waals surface area (Å²) < 4.78 is 0. The summed E-state index contributed by atoms with van der Waals surface area (Å²) in [6.07, 6.45) is 7.06. The van der Waals surface area contributed by atoms with Crippen molar-refractivity contribution < 1.29 is 0 Å². The number of fused-ring (bicyclic) bond motifs is 2. The van der Waals surface area contributed by atoms with Crippen LogP contribution in [0.1, 0.15) is 68.4 Å². The van der Waals surface area contributed by atoms with E-state index in [9.17, 15) is 0 Å². The summed E-state index contributed by atoms with van der Waals surface area (Å²) in [5, 5.41) is 0.213. The molecule has 0 heterocycles. The van der Waals surface area contributed by atoms with Crippen molar-refractivity contribution in [2.75, 3.05) is 0 Å². The van der Waals surface area contributed by atoms with Crippen LogP contribution in [0.2, 0.25) is 0 Å². The molecule has 0 N–H and O–H groups in total. The van der Waals surface area contributed by atoms with E-state index in [-0.39, 0.29) is 5.38 Å². The standard InChI is InChI=1S/C18H25Cl/c1-12(2)14-5-7-15(8-6-14)18(19)11-17-10-13-3-4-16(17)9-13/h5-8,12-13,16-18H,3-4,9-11H2,1-2H3. The quantitative estimate of drug-likeness (QED) is 0.599. The van der Waals surface area contributed by atoms with Gasteiger partial charge in [-0.3, -0.25) is 0 Å². The third-order valence-corrected chi connectivity index (χ3v) is 5.79. The largest absolute Gasteiger partial charge is 0.118 e. The highest BCUT2D eigenvalue weighted by Gasteiger charge is 2.39. The molecule has 0 amide bonds. The molecule has 0 saturated heterocycles. The fourth-order valence-electron chi connectivity index (χ4n) is 4.16. The number of alkyl halides is 1. The van der Waals surface area contributed by atoms with E-state index in [1.165, 1.54) is 43.2 Å². The van der Waals surface area contributed by atoms with Crippen LogP contribution in [0.5, 0.6) is 0 Å². The Morgan fingerprint density at radius 3 is 2.26 bits per heavy atom. The molecule has 0 radical (unpaired) electrons.